The highest BCUT2D eigenvalue weighted by atomic mass is 35.5. The molecule has 0 radical (unpaired) electrons. The summed E-state index contributed by atoms with van der Waals surface area (Å²) in [5.41, 5.74) is 13.0. The van der Waals surface area contributed by atoms with Gasteiger partial charge in [-0.25, -0.2) is 14.3 Å². The standard InChI is InChI=1S/C27H30N6O2.ClH/c1-19-12-22(8-9-23(19)14-28)26-25-13-24(16-33(25)30-18-29-26)32-11-10-31(15-20(32)2)27(34)35-17-21-6-4-3-5-7-21;/h3-9,12-13,16,18,20H,10-11,14-15,17,28H2,1-2H3;1H/t20-;/m0./s1. The first-order valence-electron chi connectivity index (χ1n) is 11.9. The minimum atomic E-state index is -0.271. The summed E-state index contributed by atoms with van der Waals surface area (Å²) >= 11 is 0. The third-order valence-corrected chi connectivity index (χ3v) is 6.65. The molecule has 2 aromatic heterocycles. The molecule has 0 unspecified atom stereocenters. The van der Waals surface area contributed by atoms with Gasteiger partial charge in [-0.2, -0.15) is 5.10 Å². The second kappa shape index (κ2) is 11.0. The molecule has 1 aliphatic heterocycles. The second-order valence-electron chi connectivity index (χ2n) is 9.01. The van der Waals surface area contributed by atoms with Crippen molar-refractivity contribution < 1.29 is 9.53 Å². The van der Waals surface area contributed by atoms with Crippen molar-refractivity contribution in [2.45, 2.75) is 33.0 Å². The third kappa shape index (κ3) is 5.15. The molecule has 1 fully saturated rings. The fourth-order valence-corrected chi connectivity index (χ4v) is 4.69. The van der Waals surface area contributed by atoms with Crippen molar-refractivity contribution >= 4 is 29.7 Å². The van der Waals surface area contributed by atoms with Gasteiger partial charge in [0.25, 0.3) is 0 Å². The maximum Gasteiger partial charge on any atom is 0.410 e. The Morgan fingerprint density at radius 3 is 2.67 bits per heavy atom. The molecule has 5 rings (SSSR count). The van der Waals surface area contributed by atoms with Crippen molar-refractivity contribution in [3.63, 3.8) is 0 Å². The molecule has 1 aliphatic rings. The van der Waals surface area contributed by atoms with Gasteiger partial charge in [-0.05, 0) is 42.7 Å². The van der Waals surface area contributed by atoms with E-state index in [0.29, 0.717) is 26.2 Å². The largest absolute Gasteiger partial charge is 0.445 e. The predicted molar refractivity (Wildman–Crippen MR) is 143 cm³/mol. The lowest BCUT2D eigenvalue weighted by Crippen LogP contribution is -2.53. The molecule has 0 saturated carbocycles. The molecule has 1 amide bonds. The summed E-state index contributed by atoms with van der Waals surface area (Å²) in [5, 5.41) is 4.43. The van der Waals surface area contributed by atoms with Crippen LogP contribution in [0.5, 0.6) is 0 Å². The Labute approximate surface area is 217 Å². The van der Waals surface area contributed by atoms with Gasteiger partial charge in [0, 0.05) is 37.8 Å². The zero-order valence-electron chi connectivity index (χ0n) is 20.5. The summed E-state index contributed by atoms with van der Waals surface area (Å²) in [5.74, 6) is 0. The molecule has 1 atom stereocenters. The summed E-state index contributed by atoms with van der Waals surface area (Å²) < 4.78 is 7.41. The SMILES string of the molecule is Cc1cc(-c2ncnn3cc(N4CCN(C(=O)OCc5ccccc5)C[C@@H]4C)cc23)ccc1CN.Cl. The van der Waals surface area contributed by atoms with E-state index >= 15 is 0 Å². The summed E-state index contributed by atoms with van der Waals surface area (Å²) in [6.45, 7) is 6.91. The highest BCUT2D eigenvalue weighted by Crippen LogP contribution is 2.29. The first-order valence-corrected chi connectivity index (χ1v) is 11.9. The van der Waals surface area contributed by atoms with Crippen molar-refractivity contribution in [2.24, 2.45) is 5.73 Å². The first kappa shape index (κ1) is 25.5. The van der Waals surface area contributed by atoms with Crippen molar-refractivity contribution in [2.75, 3.05) is 24.5 Å². The van der Waals surface area contributed by atoms with Crippen molar-refractivity contribution in [1.29, 1.82) is 0 Å². The smallest absolute Gasteiger partial charge is 0.410 e. The lowest BCUT2D eigenvalue weighted by atomic mass is 10.0. The van der Waals surface area contributed by atoms with Gasteiger partial charge in [-0.3, -0.25) is 0 Å². The van der Waals surface area contributed by atoms with Gasteiger partial charge in [0.2, 0.25) is 0 Å². The number of anilines is 1. The molecular weight excluding hydrogens is 476 g/mol. The fourth-order valence-electron chi connectivity index (χ4n) is 4.69. The molecule has 1 saturated heterocycles. The van der Waals surface area contributed by atoms with Gasteiger partial charge in [-0.15, -0.1) is 12.4 Å². The molecule has 2 aromatic carbocycles. The van der Waals surface area contributed by atoms with Gasteiger partial charge < -0.3 is 20.3 Å². The van der Waals surface area contributed by atoms with Crippen LogP contribution in [-0.2, 0) is 17.9 Å². The summed E-state index contributed by atoms with van der Waals surface area (Å²) in [7, 11) is 0. The van der Waals surface area contributed by atoms with Crippen LogP contribution in [0.15, 0.2) is 67.1 Å². The fraction of sp³-hybridized carbons (Fsp3) is 0.296. The maximum absolute atomic E-state index is 12.6. The van der Waals surface area contributed by atoms with Crippen LogP contribution < -0.4 is 10.6 Å². The number of halogens is 1. The Morgan fingerprint density at radius 2 is 1.94 bits per heavy atom. The average Bonchev–Trinajstić information content (AvgIpc) is 3.32. The number of nitrogens with two attached hydrogens (primary N) is 1. The van der Waals surface area contributed by atoms with E-state index in [1.165, 1.54) is 0 Å². The molecule has 0 spiro atoms. The van der Waals surface area contributed by atoms with Gasteiger partial charge in [-0.1, -0.05) is 42.5 Å². The molecule has 0 aliphatic carbocycles. The number of aryl methyl sites for hydroxylation is 1. The number of hydrogen-bond donors (Lipinski definition) is 1. The molecule has 2 N–H and O–H groups in total. The summed E-state index contributed by atoms with van der Waals surface area (Å²) in [6.07, 6.45) is 3.34. The van der Waals surface area contributed by atoms with E-state index in [2.05, 4.69) is 53.1 Å². The molecular formula is C27H31ClN6O2. The molecule has 8 nitrogen and oxygen atoms in total. The number of carbonyl (C=O) groups excluding carboxylic acids is 1. The van der Waals surface area contributed by atoms with Crippen LogP contribution in [0.3, 0.4) is 0 Å². The van der Waals surface area contributed by atoms with Crippen LogP contribution in [0, 0.1) is 6.92 Å². The first-order chi connectivity index (χ1) is 17.0. The van der Waals surface area contributed by atoms with Crippen molar-refractivity contribution in [3.05, 3.63) is 83.8 Å². The van der Waals surface area contributed by atoms with E-state index in [9.17, 15) is 4.79 Å². The number of nitrogens with zero attached hydrogens (tertiary/aromatic N) is 5. The minimum Gasteiger partial charge on any atom is -0.445 e. The van der Waals surface area contributed by atoms with E-state index in [4.69, 9.17) is 10.5 Å². The Hall–Kier alpha value is -3.62. The van der Waals surface area contributed by atoms with Crippen LogP contribution >= 0.6 is 12.4 Å². The van der Waals surface area contributed by atoms with Crippen LogP contribution in [0.1, 0.15) is 23.6 Å². The summed E-state index contributed by atoms with van der Waals surface area (Å²) in [6, 6.07) is 18.3. The lowest BCUT2D eigenvalue weighted by Gasteiger charge is -2.40. The number of rotatable bonds is 5. The molecule has 0 bridgehead atoms. The number of amides is 1. The normalized spacial score (nSPS) is 15.6. The topological polar surface area (TPSA) is 89.0 Å². The van der Waals surface area contributed by atoms with E-state index in [1.54, 1.807) is 11.2 Å². The molecule has 4 aromatic rings. The zero-order valence-corrected chi connectivity index (χ0v) is 21.3. The Kier molecular flexibility index (Phi) is 7.76. The number of fused-ring (bicyclic) bond motifs is 1. The maximum atomic E-state index is 12.6. The average molecular weight is 507 g/mol. The minimum absolute atomic E-state index is 0. The number of carbonyl (C=O) groups is 1. The van der Waals surface area contributed by atoms with E-state index < -0.39 is 0 Å². The monoisotopic (exact) mass is 506 g/mol. The highest BCUT2D eigenvalue weighted by Gasteiger charge is 2.28. The quantitative estimate of drug-likeness (QED) is 0.430. The van der Waals surface area contributed by atoms with Crippen LogP contribution in [-0.4, -0.2) is 51.3 Å². The van der Waals surface area contributed by atoms with Gasteiger partial charge in [0.15, 0.2) is 0 Å². The van der Waals surface area contributed by atoms with Crippen molar-refractivity contribution in [1.82, 2.24) is 19.5 Å². The molecule has 36 heavy (non-hydrogen) atoms. The third-order valence-electron chi connectivity index (χ3n) is 6.65. The predicted octanol–water partition coefficient (Wildman–Crippen LogP) is 4.43. The number of piperazine rings is 1. The Balaban J connectivity index is 0.00000304. The zero-order chi connectivity index (χ0) is 24.4. The number of ether oxygens (including phenoxy) is 1. The summed E-state index contributed by atoms with van der Waals surface area (Å²) in [4.78, 5) is 21.3. The Morgan fingerprint density at radius 1 is 1.14 bits per heavy atom. The second-order valence-corrected chi connectivity index (χ2v) is 9.01. The van der Waals surface area contributed by atoms with Crippen LogP contribution in [0.25, 0.3) is 16.8 Å². The molecule has 188 valence electrons. The highest BCUT2D eigenvalue weighted by molar-refractivity contribution is 5.85. The van der Waals surface area contributed by atoms with E-state index in [-0.39, 0.29) is 31.1 Å². The van der Waals surface area contributed by atoms with E-state index in [0.717, 1.165) is 39.2 Å². The number of aromatic nitrogens is 3. The van der Waals surface area contributed by atoms with Gasteiger partial charge >= 0.3 is 6.09 Å². The van der Waals surface area contributed by atoms with Crippen LogP contribution in [0.2, 0.25) is 0 Å². The lowest BCUT2D eigenvalue weighted by molar-refractivity contribution is 0.0898. The number of benzene rings is 2. The van der Waals surface area contributed by atoms with Gasteiger partial charge in [0.05, 0.1) is 23.1 Å². The number of hydrogen-bond acceptors (Lipinski definition) is 6. The van der Waals surface area contributed by atoms with Crippen LogP contribution in [0.4, 0.5) is 10.5 Å². The van der Waals surface area contributed by atoms with E-state index in [1.807, 2.05) is 41.0 Å². The Bertz CT molecular complexity index is 1340. The van der Waals surface area contributed by atoms with Crippen molar-refractivity contribution in [3.8, 4) is 11.3 Å². The molecule has 3 heterocycles. The van der Waals surface area contributed by atoms with Gasteiger partial charge in [0.1, 0.15) is 12.9 Å². The molecule has 9 heteroatoms.